The Morgan fingerprint density at radius 1 is 1.50 bits per heavy atom. The summed E-state index contributed by atoms with van der Waals surface area (Å²) in [4.78, 5) is 4.78. The second kappa shape index (κ2) is 5.35. The van der Waals surface area contributed by atoms with Crippen LogP contribution >= 0.6 is 0 Å². The Labute approximate surface area is 87.5 Å². The fraction of sp³-hybridized carbons (Fsp3) is 0.818. The van der Waals surface area contributed by atoms with Crippen LogP contribution < -0.4 is 5.32 Å². The maximum Gasteiger partial charge on any atom is 0.0576 e. The number of hydrogen-bond acceptors (Lipinski definition) is 3. The number of likely N-dealkylation sites (N-methyl/N-ethyl adjacent to an activating group) is 2. The van der Waals surface area contributed by atoms with E-state index in [1.54, 1.807) is 0 Å². The molecule has 0 bridgehead atoms. The molecule has 1 heterocycles. The first kappa shape index (κ1) is 11.5. The molecule has 0 aliphatic carbocycles. The summed E-state index contributed by atoms with van der Waals surface area (Å²) in [6, 6.07) is 1.03. The molecule has 3 heteroatoms. The maximum absolute atomic E-state index is 5.23. The monoisotopic (exact) mass is 195 g/mol. The number of piperazine rings is 1. The third-order valence-corrected chi connectivity index (χ3v) is 3.00. The Balaban J connectivity index is 2.43. The highest BCUT2D eigenvalue weighted by Crippen LogP contribution is 2.09. The summed E-state index contributed by atoms with van der Waals surface area (Å²) in [6.07, 6.45) is 5.23. The normalized spacial score (nSPS) is 27.1. The maximum atomic E-state index is 5.23. The third-order valence-electron chi connectivity index (χ3n) is 3.00. The highest BCUT2D eigenvalue weighted by Gasteiger charge is 2.26. The lowest BCUT2D eigenvalue weighted by atomic mass is 10.1. The van der Waals surface area contributed by atoms with Gasteiger partial charge in [-0.05, 0) is 21.0 Å². The lowest BCUT2D eigenvalue weighted by Gasteiger charge is -2.41. The van der Waals surface area contributed by atoms with Gasteiger partial charge in [-0.2, -0.15) is 0 Å². The summed E-state index contributed by atoms with van der Waals surface area (Å²) in [5.74, 6) is 2.62. The van der Waals surface area contributed by atoms with Crippen molar-refractivity contribution in [2.75, 3.05) is 40.3 Å². The van der Waals surface area contributed by atoms with Crippen molar-refractivity contribution in [3.63, 3.8) is 0 Å². The summed E-state index contributed by atoms with van der Waals surface area (Å²) < 4.78 is 0. The lowest BCUT2D eigenvalue weighted by Crippen LogP contribution is -2.57. The van der Waals surface area contributed by atoms with Gasteiger partial charge in [0.15, 0.2) is 0 Å². The number of hydrogen-bond donors (Lipinski definition) is 1. The minimum Gasteiger partial charge on any atom is -0.303 e. The molecule has 1 aliphatic heterocycles. The molecule has 1 saturated heterocycles. The predicted molar refractivity (Wildman–Crippen MR) is 60.2 cm³/mol. The first-order valence-corrected chi connectivity index (χ1v) is 5.20. The molecule has 0 radical (unpaired) electrons. The van der Waals surface area contributed by atoms with Crippen LogP contribution in [-0.4, -0.2) is 62.2 Å². The third kappa shape index (κ3) is 2.98. The van der Waals surface area contributed by atoms with Crippen molar-refractivity contribution in [1.29, 1.82) is 0 Å². The van der Waals surface area contributed by atoms with Crippen molar-refractivity contribution in [1.82, 2.24) is 15.1 Å². The average Bonchev–Trinajstić information content (AvgIpc) is 2.18. The van der Waals surface area contributed by atoms with Crippen LogP contribution in [0.2, 0.25) is 0 Å². The van der Waals surface area contributed by atoms with E-state index in [2.05, 4.69) is 42.1 Å². The standard InChI is InChI=1S/C11H21N3/c1-5-6-12-10(2)11-9-13(3)7-8-14(11)4/h1,10-12H,6-9H2,2-4H3. The topological polar surface area (TPSA) is 18.5 Å². The molecule has 80 valence electrons. The van der Waals surface area contributed by atoms with Gasteiger partial charge in [0.2, 0.25) is 0 Å². The molecule has 0 spiro atoms. The van der Waals surface area contributed by atoms with Crippen LogP contribution in [0.3, 0.4) is 0 Å². The molecule has 0 aromatic heterocycles. The average molecular weight is 195 g/mol. The molecule has 2 atom stereocenters. The predicted octanol–water partition coefficient (Wildman–Crippen LogP) is -0.156. The van der Waals surface area contributed by atoms with Crippen LogP contribution in [0.4, 0.5) is 0 Å². The molecular formula is C11H21N3. The molecule has 2 unspecified atom stereocenters. The minimum atomic E-state index is 0.457. The zero-order valence-electron chi connectivity index (χ0n) is 9.45. The molecular weight excluding hydrogens is 174 g/mol. The Kier molecular flexibility index (Phi) is 4.40. The fourth-order valence-corrected chi connectivity index (χ4v) is 1.94. The molecule has 1 rings (SSSR count). The fourth-order valence-electron chi connectivity index (χ4n) is 1.94. The van der Waals surface area contributed by atoms with E-state index >= 15 is 0 Å². The van der Waals surface area contributed by atoms with Gasteiger partial charge >= 0.3 is 0 Å². The highest BCUT2D eigenvalue weighted by atomic mass is 15.3. The van der Waals surface area contributed by atoms with Crippen molar-refractivity contribution in [3.05, 3.63) is 0 Å². The SMILES string of the molecule is C#CCNC(C)C1CN(C)CCN1C. The summed E-state index contributed by atoms with van der Waals surface area (Å²) in [6.45, 7) is 6.29. The smallest absolute Gasteiger partial charge is 0.0576 e. The van der Waals surface area contributed by atoms with Crippen LogP contribution in [0, 0.1) is 12.3 Å². The van der Waals surface area contributed by atoms with Crippen molar-refractivity contribution >= 4 is 0 Å². The van der Waals surface area contributed by atoms with Crippen molar-refractivity contribution in [3.8, 4) is 12.3 Å². The lowest BCUT2D eigenvalue weighted by molar-refractivity contribution is 0.0932. The summed E-state index contributed by atoms with van der Waals surface area (Å²) in [5.41, 5.74) is 0. The zero-order valence-corrected chi connectivity index (χ0v) is 9.45. The largest absolute Gasteiger partial charge is 0.303 e. The molecule has 1 fully saturated rings. The zero-order chi connectivity index (χ0) is 10.6. The molecule has 1 N–H and O–H groups in total. The van der Waals surface area contributed by atoms with Gasteiger partial charge < -0.3 is 10.2 Å². The Hall–Kier alpha value is -0.560. The first-order chi connectivity index (χ1) is 6.65. The van der Waals surface area contributed by atoms with E-state index in [1.807, 2.05) is 0 Å². The van der Waals surface area contributed by atoms with Gasteiger partial charge in [0, 0.05) is 31.7 Å². The van der Waals surface area contributed by atoms with Crippen LogP contribution in [0.25, 0.3) is 0 Å². The quantitative estimate of drug-likeness (QED) is 0.632. The van der Waals surface area contributed by atoms with E-state index in [1.165, 1.54) is 0 Å². The first-order valence-electron chi connectivity index (χ1n) is 5.20. The molecule has 14 heavy (non-hydrogen) atoms. The van der Waals surface area contributed by atoms with Gasteiger partial charge in [0.25, 0.3) is 0 Å². The molecule has 0 aromatic rings. The number of nitrogens with one attached hydrogen (secondary N) is 1. The Bertz CT molecular complexity index is 209. The number of terminal acetylenes is 1. The highest BCUT2D eigenvalue weighted by molar-refractivity contribution is 4.92. The van der Waals surface area contributed by atoms with E-state index in [-0.39, 0.29) is 0 Å². The van der Waals surface area contributed by atoms with E-state index in [4.69, 9.17) is 6.42 Å². The van der Waals surface area contributed by atoms with Gasteiger partial charge in [-0.1, -0.05) is 5.92 Å². The summed E-state index contributed by atoms with van der Waals surface area (Å²) in [7, 11) is 4.36. The molecule has 0 amide bonds. The van der Waals surface area contributed by atoms with Gasteiger partial charge in [0.05, 0.1) is 6.54 Å². The Morgan fingerprint density at radius 2 is 2.21 bits per heavy atom. The van der Waals surface area contributed by atoms with Gasteiger partial charge in [-0.3, -0.25) is 4.90 Å². The van der Waals surface area contributed by atoms with Crippen molar-refractivity contribution in [2.45, 2.75) is 19.0 Å². The van der Waals surface area contributed by atoms with Crippen LogP contribution in [-0.2, 0) is 0 Å². The number of rotatable bonds is 3. The van der Waals surface area contributed by atoms with Crippen LogP contribution in [0.1, 0.15) is 6.92 Å². The summed E-state index contributed by atoms with van der Waals surface area (Å²) >= 11 is 0. The van der Waals surface area contributed by atoms with Gasteiger partial charge in [-0.25, -0.2) is 0 Å². The molecule has 0 saturated carbocycles. The van der Waals surface area contributed by atoms with Crippen LogP contribution in [0.15, 0.2) is 0 Å². The van der Waals surface area contributed by atoms with E-state index in [9.17, 15) is 0 Å². The van der Waals surface area contributed by atoms with E-state index in [0.717, 1.165) is 19.6 Å². The molecule has 0 aromatic carbocycles. The number of nitrogens with zero attached hydrogens (tertiary/aromatic N) is 2. The molecule has 1 aliphatic rings. The van der Waals surface area contributed by atoms with E-state index < -0.39 is 0 Å². The minimum absolute atomic E-state index is 0.457. The molecule has 3 nitrogen and oxygen atoms in total. The van der Waals surface area contributed by atoms with Crippen molar-refractivity contribution in [2.24, 2.45) is 0 Å². The van der Waals surface area contributed by atoms with Crippen LogP contribution in [0.5, 0.6) is 0 Å². The van der Waals surface area contributed by atoms with E-state index in [0.29, 0.717) is 18.6 Å². The van der Waals surface area contributed by atoms with Gasteiger partial charge in [0.1, 0.15) is 0 Å². The van der Waals surface area contributed by atoms with Gasteiger partial charge in [-0.15, -0.1) is 6.42 Å². The summed E-state index contributed by atoms with van der Waals surface area (Å²) in [5, 5.41) is 3.35. The second-order valence-electron chi connectivity index (χ2n) is 4.18. The van der Waals surface area contributed by atoms with Crippen molar-refractivity contribution < 1.29 is 0 Å². The Morgan fingerprint density at radius 3 is 2.86 bits per heavy atom. The second-order valence-corrected chi connectivity index (χ2v) is 4.18.